The zero-order valence-electron chi connectivity index (χ0n) is 12.7. The van der Waals surface area contributed by atoms with Gasteiger partial charge in [-0.1, -0.05) is 26.7 Å². The van der Waals surface area contributed by atoms with Crippen molar-refractivity contribution >= 4 is 10.0 Å². The molecule has 19 heavy (non-hydrogen) atoms. The molecule has 0 radical (unpaired) electrons. The Hall–Kier alpha value is -0.130. The van der Waals surface area contributed by atoms with Gasteiger partial charge in [0.15, 0.2) is 0 Å². The summed E-state index contributed by atoms with van der Waals surface area (Å²) in [6, 6.07) is 1.10. The van der Waals surface area contributed by atoms with Crippen LogP contribution in [0.3, 0.4) is 0 Å². The first-order valence-corrected chi connectivity index (χ1v) is 9.38. The van der Waals surface area contributed by atoms with Crippen LogP contribution in [0.5, 0.6) is 0 Å². The molecule has 0 atom stereocenters. The van der Waals surface area contributed by atoms with Crippen LogP contribution in [0.15, 0.2) is 0 Å². The van der Waals surface area contributed by atoms with Crippen molar-refractivity contribution in [2.45, 2.75) is 71.4 Å². The first-order valence-electron chi connectivity index (χ1n) is 7.77. The fraction of sp³-hybridized carbons (Fsp3) is 1.00. The number of piperidine rings is 1. The molecular weight excluding hydrogens is 260 g/mol. The number of nitrogens with zero attached hydrogens (tertiary/aromatic N) is 1. The molecule has 1 fully saturated rings. The van der Waals surface area contributed by atoms with Crippen molar-refractivity contribution in [2.75, 3.05) is 18.8 Å². The number of hydrogen-bond donors (Lipinski definition) is 1. The van der Waals surface area contributed by atoms with Crippen molar-refractivity contribution in [1.82, 2.24) is 9.62 Å². The summed E-state index contributed by atoms with van der Waals surface area (Å²) in [6.45, 7) is 7.53. The summed E-state index contributed by atoms with van der Waals surface area (Å²) in [6.07, 6.45) is 6.76. The van der Waals surface area contributed by atoms with Crippen LogP contribution >= 0.6 is 0 Å². The normalized spacial score (nSPS) is 19.2. The minimum atomic E-state index is -2.99. The lowest BCUT2D eigenvalue weighted by atomic mass is 10.0. The topological polar surface area (TPSA) is 49.4 Å². The second-order valence-electron chi connectivity index (χ2n) is 5.51. The van der Waals surface area contributed by atoms with E-state index in [0.717, 1.165) is 12.8 Å². The Morgan fingerprint density at radius 3 is 2.05 bits per heavy atom. The second-order valence-corrected chi connectivity index (χ2v) is 7.77. The standard InChI is InChI=1S/C14H30N2O2S/c1-4-7-13(8-5-2)15-14-9-11-16(12-10-14)19(17,18)6-3/h13-15H,4-12H2,1-3H3. The predicted molar refractivity (Wildman–Crippen MR) is 80.8 cm³/mol. The highest BCUT2D eigenvalue weighted by Gasteiger charge is 2.27. The average molecular weight is 290 g/mol. The summed E-state index contributed by atoms with van der Waals surface area (Å²) in [5.74, 6) is 0.222. The molecule has 1 aliphatic rings. The van der Waals surface area contributed by atoms with Gasteiger partial charge in [-0.15, -0.1) is 0 Å². The van der Waals surface area contributed by atoms with Crippen LogP contribution in [0, 0.1) is 0 Å². The van der Waals surface area contributed by atoms with E-state index in [1.165, 1.54) is 25.7 Å². The van der Waals surface area contributed by atoms with Gasteiger partial charge in [0.1, 0.15) is 0 Å². The third kappa shape index (κ3) is 5.40. The summed E-state index contributed by atoms with van der Waals surface area (Å²) in [5.41, 5.74) is 0. The summed E-state index contributed by atoms with van der Waals surface area (Å²) in [5, 5.41) is 3.73. The minimum absolute atomic E-state index is 0.222. The third-order valence-corrected chi connectivity index (χ3v) is 5.84. The first kappa shape index (κ1) is 16.9. The van der Waals surface area contributed by atoms with Gasteiger partial charge in [-0.05, 0) is 32.6 Å². The number of sulfonamides is 1. The molecule has 1 heterocycles. The Labute approximate surface area is 119 Å². The summed E-state index contributed by atoms with van der Waals surface area (Å²) >= 11 is 0. The lowest BCUT2D eigenvalue weighted by molar-refractivity contribution is 0.264. The van der Waals surface area contributed by atoms with Crippen molar-refractivity contribution in [3.8, 4) is 0 Å². The molecule has 0 aromatic carbocycles. The van der Waals surface area contributed by atoms with E-state index < -0.39 is 10.0 Å². The van der Waals surface area contributed by atoms with Gasteiger partial charge < -0.3 is 5.32 Å². The molecule has 4 nitrogen and oxygen atoms in total. The zero-order chi connectivity index (χ0) is 14.3. The molecule has 0 bridgehead atoms. The van der Waals surface area contributed by atoms with Crippen LogP contribution in [0.4, 0.5) is 0 Å². The molecule has 1 aliphatic heterocycles. The highest BCUT2D eigenvalue weighted by molar-refractivity contribution is 7.89. The van der Waals surface area contributed by atoms with Gasteiger partial charge in [0.2, 0.25) is 10.0 Å². The molecule has 1 N–H and O–H groups in total. The van der Waals surface area contributed by atoms with Crippen molar-refractivity contribution in [2.24, 2.45) is 0 Å². The van der Waals surface area contributed by atoms with Gasteiger partial charge in [0.25, 0.3) is 0 Å². The Morgan fingerprint density at radius 1 is 1.11 bits per heavy atom. The molecule has 0 aromatic rings. The van der Waals surface area contributed by atoms with Gasteiger partial charge in [0, 0.05) is 25.2 Å². The van der Waals surface area contributed by atoms with Gasteiger partial charge in [-0.3, -0.25) is 0 Å². The Kier molecular flexibility index (Phi) is 7.32. The predicted octanol–water partition coefficient (Wildman–Crippen LogP) is 2.36. The smallest absolute Gasteiger partial charge is 0.213 e. The molecule has 0 unspecified atom stereocenters. The van der Waals surface area contributed by atoms with Gasteiger partial charge in [-0.2, -0.15) is 0 Å². The van der Waals surface area contributed by atoms with Gasteiger partial charge in [0.05, 0.1) is 5.75 Å². The molecule has 5 heteroatoms. The lowest BCUT2D eigenvalue weighted by Gasteiger charge is -2.33. The van der Waals surface area contributed by atoms with Gasteiger partial charge in [-0.25, -0.2) is 12.7 Å². The highest BCUT2D eigenvalue weighted by atomic mass is 32.2. The maximum Gasteiger partial charge on any atom is 0.213 e. The quantitative estimate of drug-likeness (QED) is 0.746. The van der Waals surface area contributed by atoms with Crippen molar-refractivity contribution < 1.29 is 8.42 Å². The number of rotatable bonds is 8. The Balaban J connectivity index is 2.41. The average Bonchev–Trinajstić information content (AvgIpc) is 2.40. The molecule has 114 valence electrons. The van der Waals surface area contributed by atoms with Crippen LogP contribution in [-0.4, -0.2) is 43.6 Å². The van der Waals surface area contributed by atoms with Crippen LogP contribution in [0.2, 0.25) is 0 Å². The van der Waals surface area contributed by atoms with Crippen molar-refractivity contribution in [3.63, 3.8) is 0 Å². The summed E-state index contributed by atoms with van der Waals surface area (Å²) < 4.78 is 25.2. The maximum atomic E-state index is 11.8. The Bertz CT molecular complexity index is 329. The SMILES string of the molecule is CCCC(CCC)NC1CCN(S(=O)(=O)CC)CC1. The van der Waals surface area contributed by atoms with Crippen LogP contribution in [0.1, 0.15) is 59.3 Å². The van der Waals surface area contributed by atoms with Gasteiger partial charge >= 0.3 is 0 Å². The fourth-order valence-corrected chi connectivity index (χ4v) is 3.96. The van der Waals surface area contributed by atoms with Crippen LogP contribution in [-0.2, 0) is 10.0 Å². The maximum absolute atomic E-state index is 11.8. The highest BCUT2D eigenvalue weighted by Crippen LogP contribution is 2.16. The largest absolute Gasteiger partial charge is 0.311 e. The molecule has 0 spiro atoms. The third-order valence-electron chi connectivity index (χ3n) is 3.96. The van der Waals surface area contributed by atoms with E-state index in [0.29, 0.717) is 25.2 Å². The number of nitrogens with one attached hydrogen (secondary N) is 1. The van der Waals surface area contributed by atoms with E-state index >= 15 is 0 Å². The number of hydrogen-bond acceptors (Lipinski definition) is 3. The van der Waals surface area contributed by atoms with E-state index in [9.17, 15) is 8.42 Å². The Morgan fingerprint density at radius 2 is 1.63 bits per heavy atom. The van der Waals surface area contributed by atoms with Crippen molar-refractivity contribution in [3.05, 3.63) is 0 Å². The molecular formula is C14H30N2O2S. The molecule has 0 amide bonds. The first-order chi connectivity index (χ1) is 9.03. The van der Waals surface area contributed by atoms with Crippen LogP contribution in [0.25, 0.3) is 0 Å². The minimum Gasteiger partial charge on any atom is -0.311 e. The summed E-state index contributed by atoms with van der Waals surface area (Å²) in [4.78, 5) is 0. The van der Waals surface area contributed by atoms with Crippen molar-refractivity contribution in [1.29, 1.82) is 0 Å². The summed E-state index contributed by atoms with van der Waals surface area (Å²) in [7, 11) is -2.99. The van der Waals surface area contributed by atoms with E-state index in [1.54, 1.807) is 11.2 Å². The van der Waals surface area contributed by atoms with E-state index in [1.807, 2.05) is 0 Å². The molecule has 0 saturated carbocycles. The molecule has 1 saturated heterocycles. The molecule has 0 aliphatic carbocycles. The fourth-order valence-electron chi connectivity index (χ4n) is 2.82. The molecule has 1 rings (SSSR count). The van der Waals surface area contributed by atoms with E-state index in [-0.39, 0.29) is 5.75 Å². The molecule has 0 aromatic heterocycles. The second kappa shape index (κ2) is 8.22. The lowest BCUT2D eigenvalue weighted by Crippen LogP contribution is -2.48. The monoisotopic (exact) mass is 290 g/mol. The van der Waals surface area contributed by atoms with Crippen LogP contribution < -0.4 is 5.32 Å². The van der Waals surface area contributed by atoms with E-state index in [4.69, 9.17) is 0 Å². The zero-order valence-corrected chi connectivity index (χ0v) is 13.5. The van der Waals surface area contributed by atoms with E-state index in [2.05, 4.69) is 19.2 Å².